The molecule has 2 heteroatoms. The molecule has 0 radical (unpaired) electrons. The molecule has 0 aliphatic carbocycles. The molecule has 0 heterocycles. The third-order valence-electron chi connectivity index (χ3n) is 1.50. The average Bonchev–Trinajstić information content (AvgIpc) is 1.98. The van der Waals surface area contributed by atoms with Crippen LogP contribution in [0.15, 0.2) is 12.7 Å². The highest BCUT2D eigenvalue weighted by atomic mass is 16.6. The molecule has 2 nitrogen and oxygen atoms in total. The van der Waals surface area contributed by atoms with Crippen molar-refractivity contribution in [2.75, 3.05) is 0 Å². The van der Waals surface area contributed by atoms with Crippen LogP contribution in [0.4, 0.5) is 0 Å². The summed E-state index contributed by atoms with van der Waals surface area (Å²) in [4.78, 5) is 4.72. The van der Waals surface area contributed by atoms with Crippen LogP contribution in [0.5, 0.6) is 0 Å². The van der Waals surface area contributed by atoms with E-state index in [1.165, 1.54) is 12.8 Å². The molecule has 10 heavy (non-hydrogen) atoms. The SMILES string of the molecule is C=CCC(CCCC)ON. The van der Waals surface area contributed by atoms with Crippen molar-refractivity contribution in [3.63, 3.8) is 0 Å². The molecule has 2 N–H and O–H groups in total. The first-order chi connectivity index (χ1) is 4.85. The van der Waals surface area contributed by atoms with Crippen molar-refractivity contribution in [3.8, 4) is 0 Å². The zero-order valence-corrected chi connectivity index (χ0v) is 6.68. The first-order valence-corrected chi connectivity index (χ1v) is 3.81. The zero-order valence-electron chi connectivity index (χ0n) is 6.68. The lowest BCUT2D eigenvalue weighted by Crippen LogP contribution is -2.16. The van der Waals surface area contributed by atoms with Crippen molar-refractivity contribution < 1.29 is 4.84 Å². The van der Waals surface area contributed by atoms with Crippen LogP contribution in [0.25, 0.3) is 0 Å². The van der Waals surface area contributed by atoms with Crippen molar-refractivity contribution in [3.05, 3.63) is 12.7 Å². The molecule has 0 bridgehead atoms. The largest absolute Gasteiger partial charge is 0.301 e. The molecule has 0 aromatic carbocycles. The third-order valence-corrected chi connectivity index (χ3v) is 1.50. The maximum atomic E-state index is 5.05. The van der Waals surface area contributed by atoms with Gasteiger partial charge in [0, 0.05) is 0 Å². The number of nitrogens with two attached hydrogens (primary N) is 1. The fourth-order valence-corrected chi connectivity index (χ4v) is 0.859. The van der Waals surface area contributed by atoms with Gasteiger partial charge < -0.3 is 4.84 Å². The predicted molar refractivity (Wildman–Crippen MR) is 43.4 cm³/mol. The number of unbranched alkanes of at least 4 members (excludes halogenated alkanes) is 1. The Bertz CT molecular complexity index is 83.3. The lowest BCUT2D eigenvalue weighted by molar-refractivity contribution is 0.0481. The van der Waals surface area contributed by atoms with E-state index in [2.05, 4.69) is 13.5 Å². The molecular weight excluding hydrogens is 126 g/mol. The number of hydrogen-bond donors (Lipinski definition) is 1. The second kappa shape index (κ2) is 6.78. The van der Waals surface area contributed by atoms with Crippen LogP contribution in [-0.2, 0) is 4.84 Å². The Hall–Kier alpha value is -0.340. The van der Waals surface area contributed by atoms with Crippen LogP contribution in [-0.4, -0.2) is 6.10 Å². The molecule has 1 unspecified atom stereocenters. The normalized spacial score (nSPS) is 13.0. The van der Waals surface area contributed by atoms with Gasteiger partial charge in [-0.05, 0) is 12.8 Å². The van der Waals surface area contributed by atoms with Crippen LogP contribution in [0.2, 0.25) is 0 Å². The first-order valence-electron chi connectivity index (χ1n) is 3.81. The molecule has 0 aromatic heterocycles. The van der Waals surface area contributed by atoms with E-state index in [9.17, 15) is 0 Å². The summed E-state index contributed by atoms with van der Waals surface area (Å²) in [5.74, 6) is 5.05. The van der Waals surface area contributed by atoms with Gasteiger partial charge in [0.15, 0.2) is 0 Å². The number of rotatable bonds is 6. The molecule has 0 aliphatic heterocycles. The van der Waals surface area contributed by atoms with E-state index in [4.69, 9.17) is 10.7 Å². The quantitative estimate of drug-likeness (QED) is 0.456. The van der Waals surface area contributed by atoms with Crippen molar-refractivity contribution in [2.45, 2.75) is 38.7 Å². The first kappa shape index (κ1) is 9.66. The van der Waals surface area contributed by atoms with E-state index in [1.807, 2.05) is 6.08 Å². The smallest absolute Gasteiger partial charge is 0.0821 e. The van der Waals surface area contributed by atoms with Crippen molar-refractivity contribution in [1.29, 1.82) is 0 Å². The average molecular weight is 143 g/mol. The fraction of sp³-hybridized carbons (Fsp3) is 0.750. The van der Waals surface area contributed by atoms with Crippen molar-refractivity contribution in [1.82, 2.24) is 0 Å². The van der Waals surface area contributed by atoms with Gasteiger partial charge in [0.05, 0.1) is 6.10 Å². The number of hydrogen-bond acceptors (Lipinski definition) is 2. The lowest BCUT2D eigenvalue weighted by Gasteiger charge is -2.10. The van der Waals surface area contributed by atoms with Crippen molar-refractivity contribution in [2.24, 2.45) is 5.90 Å². The standard InChI is InChI=1S/C8H17NO/c1-3-5-7-8(10-9)6-4-2/h4,8H,2-3,5-7,9H2,1H3. The Labute approximate surface area is 63.0 Å². The van der Waals surface area contributed by atoms with Gasteiger partial charge in [-0.1, -0.05) is 25.8 Å². The van der Waals surface area contributed by atoms with Crippen LogP contribution in [0.1, 0.15) is 32.6 Å². The lowest BCUT2D eigenvalue weighted by atomic mass is 10.1. The van der Waals surface area contributed by atoms with E-state index >= 15 is 0 Å². The Balaban J connectivity index is 3.29. The summed E-state index contributed by atoms with van der Waals surface area (Å²) in [6, 6.07) is 0. The zero-order chi connectivity index (χ0) is 7.82. The Morgan fingerprint density at radius 1 is 1.70 bits per heavy atom. The summed E-state index contributed by atoms with van der Waals surface area (Å²) in [6.07, 6.45) is 6.28. The second-order valence-corrected chi connectivity index (χ2v) is 2.42. The summed E-state index contributed by atoms with van der Waals surface area (Å²) in [5, 5.41) is 0. The van der Waals surface area contributed by atoms with Gasteiger partial charge in [-0.2, -0.15) is 0 Å². The van der Waals surface area contributed by atoms with Crippen LogP contribution in [0.3, 0.4) is 0 Å². The van der Waals surface area contributed by atoms with Gasteiger partial charge in [-0.25, -0.2) is 5.90 Å². The Morgan fingerprint density at radius 3 is 2.80 bits per heavy atom. The van der Waals surface area contributed by atoms with Crippen LogP contribution < -0.4 is 5.90 Å². The van der Waals surface area contributed by atoms with E-state index < -0.39 is 0 Å². The summed E-state index contributed by atoms with van der Waals surface area (Å²) in [5.41, 5.74) is 0. The van der Waals surface area contributed by atoms with E-state index in [0.717, 1.165) is 12.8 Å². The highest BCUT2D eigenvalue weighted by Gasteiger charge is 2.03. The Morgan fingerprint density at radius 2 is 2.40 bits per heavy atom. The predicted octanol–water partition coefficient (Wildman–Crippen LogP) is 2.01. The monoisotopic (exact) mass is 143 g/mol. The molecule has 0 aromatic rings. The maximum Gasteiger partial charge on any atom is 0.0821 e. The van der Waals surface area contributed by atoms with Gasteiger partial charge in [-0.3, -0.25) is 0 Å². The molecule has 60 valence electrons. The molecule has 0 fully saturated rings. The molecule has 0 amide bonds. The Kier molecular flexibility index (Phi) is 6.55. The van der Waals surface area contributed by atoms with Crippen LogP contribution in [0, 0.1) is 0 Å². The van der Waals surface area contributed by atoms with Crippen LogP contribution >= 0.6 is 0 Å². The molecule has 0 aliphatic rings. The van der Waals surface area contributed by atoms with Gasteiger partial charge in [0.2, 0.25) is 0 Å². The minimum atomic E-state index is 0.178. The van der Waals surface area contributed by atoms with E-state index in [-0.39, 0.29) is 6.10 Å². The third kappa shape index (κ3) is 4.53. The van der Waals surface area contributed by atoms with Gasteiger partial charge in [0.25, 0.3) is 0 Å². The fourth-order valence-electron chi connectivity index (χ4n) is 0.859. The topological polar surface area (TPSA) is 35.2 Å². The minimum Gasteiger partial charge on any atom is -0.301 e. The highest BCUT2D eigenvalue weighted by molar-refractivity contribution is 4.72. The van der Waals surface area contributed by atoms with Crippen molar-refractivity contribution >= 4 is 0 Å². The molecular formula is C8H17NO. The molecule has 0 saturated carbocycles. The summed E-state index contributed by atoms with van der Waals surface area (Å²) in [6.45, 7) is 5.78. The maximum absolute atomic E-state index is 5.05. The molecule has 0 saturated heterocycles. The molecule has 1 atom stereocenters. The van der Waals surface area contributed by atoms with Gasteiger partial charge in [-0.15, -0.1) is 6.58 Å². The summed E-state index contributed by atoms with van der Waals surface area (Å²) < 4.78 is 0. The molecule has 0 spiro atoms. The van der Waals surface area contributed by atoms with Gasteiger partial charge in [0.1, 0.15) is 0 Å². The minimum absolute atomic E-state index is 0.178. The summed E-state index contributed by atoms with van der Waals surface area (Å²) >= 11 is 0. The highest BCUT2D eigenvalue weighted by Crippen LogP contribution is 2.06. The second-order valence-electron chi connectivity index (χ2n) is 2.42. The van der Waals surface area contributed by atoms with Gasteiger partial charge >= 0.3 is 0 Å². The van der Waals surface area contributed by atoms with E-state index in [1.54, 1.807) is 0 Å². The molecule has 0 rings (SSSR count). The summed E-state index contributed by atoms with van der Waals surface area (Å²) in [7, 11) is 0. The van der Waals surface area contributed by atoms with E-state index in [0.29, 0.717) is 0 Å².